The van der Waals surface area contributed by atoms with E-state index in [1.54, 1.807) is 43.3 Å². The Hall–Kier alpha value is -2.77. The third kappa shape index (κ3) is 3.31. The van der Waals surface area contributed by atoms with Crippen molar-refractivity contribution < 1.29 is 9.72 Å². The minimum Gasteiger partial charge on any atom is -0.327 e. The third-order valence-corrected chi connectivity index (χ3v) is 4.54. The van der Waals surface area contributed by atoms with E-state index >= 15 is 0 Å². The number of thiocarbonyl (C=S) groups is 1. The van der Waals surface area contributed by atoms with Crippen LogP contribution in [0, 0.1) is 24.0 Å². The molecular formula is C18H14ClN3O3S. The minimum atomic E-state index is -0.449. The second-order valence-electron chi connectivity index (χ2n) is 5.86. The van der Waals surface area contributed by atoms with Gasteiger partial charge in [-0.05, 0) is 61.5 Å². The number of amides is 1. The first-order chi connectivity index (χ1) is 12.3. The highest BCUT2D eigenvalue weighted by Crippen LogP contribution is 2.28. The second kappa shape index (κ2) is 6.86. The van der Waals surface area contributed by atoms with E-state index < -0.39 is 4.92 Å². The molecule has 1 fully saturated rings. The van der Waals surface area contributed by atoms with Crippen molar-refractivity contribution >= 4 is 52.3 Å². The highest BCUT2D eigenvalue weighted by molar-refractivity contribution is 7.80. The number of rotatable bonds is 3. The molecule has 1 heterocycles. The van der Waals surface area contributed by atoms with Crippen LogP contribution in [0.1, 0.15) is 16.7 Å². The van der Waals surface area contributed by atoms with Crippen LogP contribution in [0.4, 0.5) is 11.4 Å². The number of hydrogen-bond acceptors (Lipinski definition) is 4. The highest BCUT2D eigenvalue weighted by Gasteiger charge is 2.32. The molecule has 2 aromatic rings. The topological polar surface area (TPSA) is 75.5 Å². The fraction of sp³-hybridized carbons (Fsp3) is 0.111. The van der Waals surface area contributed by atoms with Gasteiger partial charge in [-0.1, -0.05) is 23.7 Å². The number of halogens is 1. The van der Waals surface area contributed by atoms with Crippen LogP contribution in [0.3, 0.4) is 0 Å². The second-order valence-corrected chi connectivity index (χ2v) is 6.69. The molecule has 0 radical (unpaired) electrons. The van der Waals surface area contributed by atoms with Crippen molar-refractivity contribution in [1.82, 2.24) is 5.32 Å². The lowest BCUT2D eigenvalue weighted by Crippen LogP contribution is -2.30. The van der Waals surface area contributed by atoms with Crippen molar-refractivity contribution in [2.45, 2.75) is 13.8 Å². The van der Waals surface area contributed by atoms with Gasteiger partial charge in [0.2, 0.25) is 0 Å². The Labute approximate surface area is 160 Å². The van der Waals surface area contributed by atoms with Crippen LogP contribution in [0.5, 0.6) is 0 Å². The van der Waals surface area contributed by atoms with Gasteiger partial charge in [0, 0.05) is 16.7 Å². The van der Waals surface area contributed by atoms with Gasteiger partial charge in [-0.2, -0.15) is 0 Å². The zero-order valence-electron chi connectivity index (χ0n) is 13.9. The van der Waals surface area contributed by atoms with Crippen LogP contribution in [0.15, 0.2) is 42.1 Å². The molecular weight excluding hydrogens is 374 g/mol. The number of nitrogens with zero attached hydrogens (tertiary/aromatic N) is 2. The van der Waals surface area contributed by atoms with Gasteiger partial charge in [0.25, 0.3) is 11.6 Å². The predicted octanol–water partition coefficient (Wildman–Crippen LogP) is 4.13. The van der Waals surface area contributed by atoms with Crippen LogP contribution < -0.4 is 10.2 Å². The van der Waals surface area contributed by atoms with Crippen LogP contribution in [-0.4, -0.2) is 15.9 Å². The third-order valence-electron chi connectivity index (χ3n) is 4.02. The summed E-state index contributed by atoms with van der Waals surface area (Å²) in [5.74, 6) is -0.330. The van der Waals surface area contributed by atoms with Crippen molar-refractivity contribution in [2.75, 3.05) is 4.90 Å². The van der Waals surface area contributed by atoms with Gasteiger partial charge >= 0.3 is 0 Å². The Morgan fingerprint density at radius 2 is 1.92 bits per heavy atom. The van der Waals surface area contributed by atoms with Gasteiger partial charge in [0.1, 0.15) is 5.70 Å². The number of carbonyl (C=O) groups excluding carboxylic acids is 1. The van der Waals surface area contributed by atoms with Crippen molar-refractivity contribution in [3.05, 3.63) is 73.9 Å². The number of benzene rings is 2. The van der Waals surface area contributed by atoms with Crippen molar-refractivity contribution in [1.29, 1.82) is 0 Å². The lowest BCUT2D eigenvalue weighted by atomic mass is 10.1. The van der Waals surface area contributed by atoms with Crippen molar-refractivity contribution in [2.24, 2.45) is 0 Å². The quantitative estimate of drug-likeness (QED) is 0.371. The highest BCUT2D eigenvalue weighted by atomic mass is 35.5. The van der Waals surface area contributed by atoms with Gasteiger partial charge in [0.15, 0.2) is 5.11 Å². The molecule has 1 amide bonds. The summed E-state index contributed by atoms with van der Waals surface area (Å²) in [7, 11) is 0. The average molecular weight is 388 g/mol. The number of nitro benzene ring substituents is 1. The Morgan fingerprint density at radius 1 is 1.19 bits per heavy atom. The fourth-order valence-electron chi connectivity index (χ4n) is 2.70. The normalized spacial score (nSPS) is 15.5. The fourth-order valence-corrected chi connectivity index (χ4v) is 3.22. The van der Waals surface area contributed by atoms with E-state index in [1.807, 2.05) is 6.92 Å². The number of carbonyl (C=O) groups is 1. The molecule has 0 bridgehead atoms. The summed E-state index contributed by atoms with van der Waals surface area (Å²) in [5, 5.41) is 14.8. The maximum atomic E-state index is 12.8. The van der Waals surface area contributed by atoms with E-state index in [9.17, 15) is 14.9 Å². The first kappa shape index (κ1) is 18.0. The summed E-state index contributed by atoms with van der Waals surface area (Å²) in [5.41, 5.74) is 2.78. The molecule has 3 rings (SSSR count). The number of aryl methyl sites for hydroxylation is 2. The van der Waals surface area contributed by atoms with Gasteiger partial charge in [0.05, 0.1) is 10.6 Å². The van der Waals surface area contributed by atoms with E-state index in [2.05, 4.69) is 5.32 Å². The van der Waals surface area contributed by atoms with Gasteiger partial charge in [-0.15, -0.1) is 0 Å². The Morgan fingerprint density at radius 3 is 2.58 bits per heavy atom. The Balaban J connectivity index is 1.97. The monoisotopic (exact) mass is 387 g/mol. The summed E-state index contributed by atoms with van der Waals surface area (Å²) < 4.78 is 0. The van der Waals surface area contributed by atoms with Gasteiger partial charge in [-0.25, -0.2) is 0 Å². The molecule has 26 heavy (non-hydrogen) atoms. The molecule has 2 aromatic carbocycles. The van der Waals surface area contributed by atoms with Crippen molar-refractivity contribution in [3.8, 4) is 0 Å². The van der Waals surface area contributed by atoms with Crippen molar-refractivity contribution in [3.63, 3.8) is 0 Å². The number of nitro groups is 1. The number of hydrogen-bond donors (Lipinski definition) is 1. The summed E-state index contributed by atoms with van der Waals surface area (Å²) in [6.07, 6.45) is 1.55. The molecule has 0 spiro atoms. The molecule has 0 atom stereocenters. The first-order valence-corrected chi connectivity index (χ1v) is 8.45. The maximum absolute atomic E-state index is 12.8. The molecule has 0 saturated carbocycles. The standard InChI is InChI=1S/C18H14ClN3O3S/c1-10-3-4-12(9-16(10)22(24)25)8-14-17(23)21(18(26)20-14)15-6-5-13(19)7-11(15)2/h3-9H,1-2H3,(H,20,26)/b14-8-. The lowest BCUT2D eigenvalue weighted by molar-refractivity contribution is -0.385. The minimum absolute atomic E-state index is 0.00206. The molecule has 1 aliphatic heterocycles. The Bertz CT molecular complexity index is 988. The van der Waals surface area contributed by atoms with E-state index in [0.29, 0.717) is 21.8 Å². The number of nitrogens with one attached hydrogen (secondary N) is 1. The summed E-state index contributed by atoms with van der Waals surface area (Å²) >= 11 is 11.3. The predicted molar refractivity (Wildman–Crippen MR) is 105 cm³/mol. The number of anilines is 1. The SMILES string of the molecule is Cc1cc(Cl)ccc1N1C(=O)/C(=C/c2ccc(C)c([N+](=O)[O-])c2)NC1=S. The zero-order valence-corrected chi connectivity index (χ0v) is 15.5. The van der Waals surface area contributed by atoms with Gasteiger partial charge < -0.3 is 5.32 Å². The van der Waals surface area contributed by atoms with Crippen LogP contribution >= 0.6 is 23.8 Å². The van der Waals surface area contributed by atoms with Gasteiger partial charge in [-0.3, -0.25) is 19.8 Å². The maximum Gasteiger partial charge on any atom is 0.281 e. The molecule has 0 unspecified atom stereocenters. The van der Waals surface area contributed by atoms with E-state index in [4.69, 9.17) is 23.8 Å². The van der Waals surface area contributed by atoms with Crippen LogP contribution in [-0.2, 0) is 4.79 Å². The molecule has 8 heteroatoms. The Kier molecular flexibility index (Phi) is 4.76. The molecule has 1 aliphatic rings. The largest absolute Gasteiger partial charge is 0.327 e. The summed E-state index contributed by atoms with van der Waals surface area (Å²) in [6.45, 7) is 3.50. The smallest absolute Gasteiger partial charge is 0.281 e. The molecule has 0 aliphatic carbocycles. The zero-order chi connectivity index (χ0) is 19.0. The van der Waals surface area contributed by atoms with E-state index in [0.717, 1.165) is 5.56 Å². The molecule has 1 N–H and O–H groups in total. The molecule has 0 aromatic heterocycles. The molecule has 1 saturated heterocycles. The van der Waals surface area contributed by atoms with E-state index in [1.165, 1.54) is 11.0 Å². The average Bonchev–Trinajstić information content (AvgIpc) is 2.83. The van der Waals surface area contributed by atoms with Crippen LogP contribution in [0.2, 0.25) is 5.02 Å². The van der Waals surface area contributed by atoms with Crippen LogP contribution in [0.25, 0.3) is 6.08 Å². The summed E-state index contributed by atoms with van der Waals surface area (Å²) in [6, 6.07) is 9.94. The molecule has 6 nitrogen and oxygen atoms in total. The van der Waals surface area contributed by atoms with E-state index in [-0.39, 0.29) is 22.4 Å². The lowest BCUT2D eigenvalue weighted by Gasteiger charge is -2.16. The summed E-state index contributed by atoms with van der Waals surface area (Å²) in [4.78, 5) is 24.8. The molecule has 132 valence electrons. The first-order valence-electron chi connectivity index (χ1n) is 7.66.